The summed E-state index contributed by atoms with van der Waals surface area (Å²) < 4.78 is 23.7. The summed E-state index contributed by atoms with van der Waals surface area (Å²) in [5, 5.41) is 2.90. The molecule has 3 rings (SSSR count). The molecule has 2 heterocycles. The smallest absolute Gasteiger partial charge is 0.244 e. The number of nitrogens with one attached hydrogen (secondary N) is 1. The minimum Gasteiger partial charge on any atom is -0.353 e. The Morgan fingerprint density at radius 3 is 2.13 bits per heavy atom. The van der Waals surface area contributed by atoms with Gasteiger partial charge in [-0.25, -0.2) is 8.42 Å². The highest BCUT2D eigenvalue weighted by atomic mass is 32.2. The minimum atomic E-state index is -3.02. The van der Waals surface area contributed by atoms with Crippen molar-refractivity contribution in [3.8, 4) is 0 Å². The third kappa shape index (κ3) is 6.02. The summed E-state index contributed by atoms with van der Waals surface area (Å²) in [7, 11) is -3.02. The fraction of sp³-hybridized carbons (Fsp3) is 0.619. The number of hydrogen-bond acceptors (Lipinski definition) is 6. The van der Waals surface area contributed by atoms with Gasteiger partial charge < -0.3 is 10.2 Å². The zero-order valence-corrected chi connectivity index (χ0v) is 18.6. The molecule has 1 atom stereocenters. The second kappa shape index (κ2) is 9.89. The Morgan fingerprint density at radius 2 is 1.57 bits per heavy atom. The van der Waals surface area contributed by atoms with Crippen LogP contribution in [0.2, 0.25) is 0 Å². The van der Waals surface area contributed by atoms with Crippen LogP contribution in [-0.2, 0) is 19.4 Å². The molecule has 1 aromatic carbocycles. The maximum Gasteiger partial charge on any atom is 0.244 e. The van der Waals surface area contributed by atoms with Crippen LogP contribution in [0.3, 0.4) is 0 Å². The Balaban J connectivity index is 1.65. The topological polar surface area (TPSA) is 90.0 Å². The third-order valence-electron chi connectivity index (χ3n) is 5.59. The van der Waals surface area contributed by atoms with E-state index in [1.165, 1.54) is 0 Å². The van der Waals surface area contributed by atoms with E-state index in [0.717, 1.165) is 5.56 Å². The number of piperazine rings is 1. The van der Waals surface area contributed by atoms with Crippen LogP contribution in [-0.4, -0.2) is 98.3 Å². The number of amides is 2. The first kappa shape index (κ1) is 22.7. The lowest BCUT2D eigenvalue weighted by Crippen LogP contribution is -2.55. The summed E-state index contributed by atoms with van der Waals surface area (Å²) in [6, 6.07) is 9.21. The van der Waals surface area contributed by atoms with Gasteiger partial charge in [0.05, 0.1) is 18.1 Å². The van der Waals surface area contributed by atoms with E-state index < -0.39 is 15.9 Å². The Hall–Kier alpha value is -1.97. The van der Waals surface area contributed by atoms with Crippen LogP contribution in [0.1, 0.15) is 25.5 Å². The van der Waals surface area contributed by atoms with Gasteiger partial charge in [-0.1, -0.05) is 30.3 Å². The van der Waals surface area contributed by atoms with Gasteiger partial charge in [0.15, 0.2) is 9.84 Å². The van der Waals surface area contributed by atoms with E-state index in [0.29, 0.717) is 45.8 Å². The van der Waals surface area contributed by atoms with Crippen LogP contribution in [0.4, 0.5) is 0 Å². The Labute approximate surface area is 179 Å². The monoisotopic (exact) mass is 436 g/mol. The molecular weight excluding hydrogens is 404 g/mol. The summed E-state index contributed by atoms with van der Waals surface area (Å²) in [4.78, 5) is 31.4. The predicted molar refractivity (Wildman–Crippen MR) is 116 cm³/mol. The first-order valence-electron chi connectivity index (χ1n) is 10.5. The zero-order valence-electron chi connectivity index (χ0n) is 17.8. The first-order valence-corrected chi connectivity index (χ1v) is 12.4. The standard InChI is InChI=1S/C21H32N4O4S/c1-17(2)22-19(26)16-23-8-10-25(11-9-23)21(27)20(18-6-4-3-5-7-18)24-12-14-30(28,29)15-13-24/h3-7,17,20H,8-16H2,1-2H3,(H,22,26). The SMILES string of the molecule is CC(C)NC(=O)CN1CCN(C(=O)C(c2ccccc2)N2CCS(=O)(=O)CC2)CC1. The van der Waals surface area contributed by atoms with Crippen LogP contribution in [0.25, 0.3) is 0 Å². The number of rotatable bonds is 6. The molecular formula is C21H32N4O4S. The molecule has 0 saturated carbocycles. The molecule has 30 heavy (non-hydrogen) atoms. The highest BCUT2D eigenvalue weighted by molar-refractivity contribution is 7.91. The summed E-state index contributed by atoms with van der Waals surface area (Å²) in [6.45, 7) is 7.35. The molecule has 0 bridgehead atoms. The van der Waals surface area contributed by atoms with Crippen molar-refractivity contribution >= 4 is 21.7 Å². The van der Waals surface area contributed by atoms with E-state index in [4.69, 9.17) is 0 Å². The minimum absolute atomic E-state index is 0.00136. The third-order valence-corrected chi connectivity index (χ3v) is 7.20. The van der Waals surface area contributed by atoms with Gasteiger partial charge in [0.2, 0.25) is 11.8 Å². The molecule has 2 aliphatic rings. The molecule has 1 unspecified atom stereocenters. The van der Waals surface area contributed by atoms with Gasteiger partial charge in [-0.15, -0.1) is 0 Å². The van der Waals surface area contributed by atoms with Crippen molar-refractivity contribution in [3.05, 3.63) is 35.9 Å². The second-order valence-corrected chi connectivity index (χ2v) is 10.6. The summed E-state index contributed by atoms with van der Waals surface area (Å²) in [5.74, 6) is 0.179. The summed E-state index contributed by atoms with van der Waals surface area (Å²) >= 11 is 0. The van der Waals surface area contributed by atoms with Gasteiger partial charge >= 0.3 is 0 Å². The predicted octanol–water partition coefficient (Wildman–Crippen LogP) is 0.127. The first-order chi connectivity index (χ1) is 14.2. The van der Waals surface area contributed by atoms with Gasteiger partial charge in [0, 0.05) is 45.3 Å². The maximum atomic E-state index is 13.5. The van der Waals surface area contributed by atoms with Crippen LogP contribution in [0.15, 0.2) is 30.3 Å². The van der Waals surface area contributed by atoms with Crippen LogP contribution in [0.5, 0.6) is 0 Å². The Bertz CT molecular complexity index is 822. The van der Waals surface area contributed by atoms with Crippen molar-refractivity contribution in [2.75, 3.05) is 57.3 Å². The normalized spacial score (nSPS) is 21.4. The van der Waals surface area contributed by atoms with E-state index >= 15 is 0 Å². The molecule has 1 aromatic rings. The molecule has 2 saturated heterocycles. The largest absolute Gasteiger partial charge is 0.353 e. The average Bonchev–Trinajstić information content (AvgIpc) is 2.70. The van der Waals surface area contributed by atoms with Gasteiger partial charge in [0.1, 0.15) is 6.04 Å². The molecule has 8 nitrogen and oxygen atoms in total. The molecule has 2 amide bonds. The molecule has 166 valence electrons. The van der Waals surface area contributed by atoms with E-state index in [1.54, 1.807) is 0 Å². The lowest BCUT2D eigenvalue weighted by Gasteiger charge is -2.40. The van der Waals surface area contributed by atoms with Gasteiger partial charge in [-0.2, -0.15) is 0 Å². The Morgan fingerprint density at radius 1 is 0.967 bits per heavy atom. The number of nitrogens with zero attached hydrogens (tertiary/aromatic N) is 3. The van der Waals surface area contributed by atoms with E-state index in [9.17, 15) is 18.0 Å². The van der Waals surface area contributed by atoms with E-state index in [-0.39, 0.29) is 29.4 Å². The van der Waals surface area contributed by atoms with Crippen molar-refractivity contribution in [3.63, 3.8) is 0 Å². The lowest BCUT2D eigenvalue weighted by molar-refractivity contribution is -0.139. The number of carbonyl (C=O) groups excluding carboxylic acids is 2. The number of sulfone groups is 1. The molecule has 0 radical (unpaired) electrons. The van der Waals surface area contributed by atoms with Crippen molar-refractivity contribution < 1.29 is 18.0 Å². The Kier molecular flexibility index (Phi) is 7.49. The average molecular weight is 437 g/mol. The quantitative estimate of drug-likeness (QED) is 0.682. The number of hydrogen-bond donors (Lipinski definition) is 1. The molecule has 0 spiro atoms. The van der Waals surface area contributed by atoms with Crippen molar-refractivity contribution in [2.45, 2.75) is 25.9 Å². The molecule has 0 aliphatic carbocycles. The second-order valence-electron chi connectivity index (χ2n) is 8.32. The van der Waals surface area contributed by atoms with E-state index in [2.05, 4.69) is 10.2 Å². The highest BCUT2D eigenvalue weighted by Gasteiger charge is 2.36. The fourth-order valence-electron chi connectivity index (χ4n) is 4.00. The molecule has 1 N–H and O–H groups in total. The van der Waals surface area contributed by atoms with Crippen molar-refractivity contribution in [2.24, 2.45) is 0 Å². The molecule has 2 aliphatic heterocycles. The number of benzene rings is 1. The summed E-state index contributed by atoms with van der Waals surface area (Å²) in [6.07, 6.45) is 0. The van der Waals surface area contributed by atoms with Crippen molar-refractivity contribution in [1.29, 1.82) is 0 Å². The van der Waals surface area contributed by atoms with Crippen LogP contribution < -0.4 is 5.32 Å². The van der Waals surface area contributed by atoms with Gasteiger partial charge in [0.25, 0.3) is 0 Å². The van der Waals surface area contributed by atoms with Crippen LogP contribution >= 0.6 is 0 Å². The van der Waals surface area contributed by atoms with Crippen molar-refractivity contribution in [1.82, 2.24) is 20.0 Å². The van der Waals surface area contributed by atoms with E-state index in [1.807, 2.05) is 54.0 Å². The maximum absolute atomic E-state index is 13.5. The lowest BCUT2D eigenvalue weighted by atomic mass is 10.0. The van der Waals surface area contributed by atoms with Gasteiger partial charge in [-0.05, 0) is 19.4 Å². The fourth-order valence-corrected chi connectivity index (χ4v) is 5.23. The molecule has 0 aromatic heterocycles. The molecule has 9 heteroatoms. The number of carbonyl (C=O) groups is 2. The highest BCUT2D eigenvalue weighted by Crippen LogP contribution is 2.25. The zero-order chi connectivity index (χ0) is 21.7. The molecule has 2 fully saturated rings. The van der Waals surface area contributed by atoms with Gasteiger partial charge in [-0.3, -0.25) is 19.4 Å². The summed E-state index contributed by atoms with van der Waals surface area (Å²) in [5.41, 5.74) is 0.889. The van der Waals surface area contributed by atoms with Crippen LogP contribution in [0, 0.1) is 0 Å².